The van der Waals surface area contributed by atoms with Gasteiger partial charge >= 0.3 is 0 Å². The van der Waals surface area contributed by atoms with E-state index < -0.39 is 0 Å². The molecule has 2 saturated carbocycles. The third-order valence-corrected chi connectivity index (χ3v) is 11.9. The zero-order valence-electron chi connectivity index (χ0n) is 22.8. The summed E-state index contributed by atoms with van der Waals surface area (Å²) in [5.41, 5.74) is 4.51. The van der Waals surface area contributed by atoms with E-state index >= 15 is 0 Å². The van der Waals surface area contributed by atoms with E-state index in [1.165, 1.54) is 32.1 Å². The van der Waals surface area contributed by atoms with Crippen molar-refractivity contribution in [2.45, 2.75) is 126 Å². The molecule has 4 aliphatic rings. The van der Waals surface area contributed by atoms with Crippen molar-refractivity contribution in [2.75, 3.05) is 0 Å². The van der Waals surface area contributed by atoms with Gasteiger partial charge in [0.2, 0.25) is 0 Å². The van der Waals surface area contributed by atoms with E-state index in [4.69, 9.17) is 0 Å². The fraction of sp³-hybridized carbons (Fsp3) is 0.900. The van der Waals surface area contributed by atoms with Gasteiger partial charge in [0, 0.05) is 5.41 Å². The van der Waals surface area contributed by atoms with Crippen molar-refractivity contribution in [2.24, 2.45) is 50.5 Å². The smallest absolute Gasteiger partial charge is 0.0678 e. The van der Waals surface area contributed by atoms with Gasteiger partial charge in [-0.15, -0.1) is 0 Å². The topological polar surface area (TPSA) is 52.8 Å². The average Bonchev–Trinajstić information content (AvgIpc) is 2.98. The van der Waals surface area contributed by atoms with Crippen molar-refractivity contribution < 1.29 is 10.3 Å². The first-order valence-electron chi connectivity index (χ1n) is 14.0. The highest BCUT2D eigenvalue weighted by Crippen LogP contribution is 2.71. The summed E-state index contributed by atoms with van der Waals surface area (Å²) in [4.78, 5) is 0. The number of allylic oxidation sites excluding steroid dienone is 2. The van der Waals surface area contributed by atoms with Gasteiger partial charge in [0.1, 0.15) is 0 Å². The summed E-state index contributed by atoms with van der Waals surface area (Å²) >= 11 is 0. The molecule has 188 valence electrons. The first kappa shape index (κ1) is 25.3. The van der Waals surface area contributed by atoms with Crippen LogP contribution in [0.1, 0.15) is 120 Å². The van der Waals surface area contributed by atoms with Crippen LogP contribution < -0.4 is 0 Å². The molecule has 0 bridgehead atoms. The second-order valence-corrected chi connectivity index (χ2v) is 14.0. The number of nitrogens with zero attached hydrogens (tertiary/aromatic N) is 1. The molecule has 0 aromatic heterocycles. The summed E-state index contributed by atoms with van der Waals surface area (Å²) in [7, 11) is 0. The van der Waals surface area contributed by atoms with Crippen molar-refractivity contribution in [1.82, 2.24) is 0 Å². The number of hydrogen-bond acceptors (Lipinski definition) is 3. The zero-order chi connectivity index (χ0) is 24.4. The molecule has 0 aliphatic heterocycles. The first-order valence-corrected chi connectivity index (χ1v) is 14.0. The molecule has 0 amide bonds. The Kier molecular flexibility index (Phi) is 6.42. The van der Waals surface area contributed by atoms with Crippen LogP contribution in [0.3, 0.4) is 0 Å². The van der Waals surface area contributed by atoms with E-state index in [1.807, 2.05) is 0 Å². The predicted octanol–water partition coefficient (Wildman–Crippen LogP) is 8.00. The standard InChI is InChI=1S/C30H51NO2/c1-19(2)10-9-11-20(3)23-18-25(31-33)30(8)22-12-13-24-27(4,5)26(32)15-16-28(24,6)21(22)14-17-29(23,30)7/h19-20,23-24,26,32-33H,9-18H2,1-8H3/b31-25+/t20-,23-,24+,26+,28-,29-,30-/m1/s1. The fourth-order valence-electron chi connectivity index (χ4n) is 9.56. The average molecular weight is 458 g/mol. The third-order valence-electron chi connectivity index (χ3n) is 11.9. The Balaban J connectivity index is 1.72. The second-order valence-electron chi connectivity index (χ2n) is 14.0. The van der Waals surface area contributed by atoms with Crippen molar-refractivity contribution in [3.63, 3.8) is 0 Å². The van der Waals surface area contributed by atoms with E-state index in [0.717, 1.165) is 43.7 Å². The first-order chi connectivity index (χ1) is 15.3. The lowest BCUT2D eigenvalue weighted by atomic mass is 9.43. The molecule has 0 radical (unpaired) electrons. The summed E-state index contributed by atoms with van der Waals surface area (Å²) in [6.45, 7) is 19.2. The van der Waals surface area contributed by atoms with Crippen LogP contribution in [0.5, 0.6) is 0 Å². The highest BCUT2D eigenvalue weighted by atomic mass is 16.4. The van der Waals surface area contributed by atoms with Gasteiger partial charge in [-0.2, -0.15) is 0 Å². The summed E-state index contributed by atoms with van der Waals surface area (Å²) in [6.07, 6.45) is 11.3. The van der Waals surface area contributed by atoms with Gasteiger partial charge in [-0.1, -0.05) is 84.0 Å². The Morgan fingerprint density at radius 3 is 2.27 bits per heavy atom. The van der Waals surface area contributed by atoms with Crippen LogP contribution in [0.2, 0.25) is 0 Å². The quantitative estimate of drug-likeness (QED) is 0.249. The molecule has 3 heteroatoms. The van der Waals surface area contributed by atoms with Gasteiger partial charge in [0.05, 0.1) is 11.8 Å². The van der Waals surface area contributed by atoms with Gasteiger partial charge in [-0.05, 0) is 91.8 Å². The van der Waals surface area contributed by atoms with Crippen LogP contribution in [-0.2, 0) is 0 Å². The molecule has 0 saturated heterocycles. The summed E-state index contributed by atoms with van der Waals surface area (Å²) in [6, 6.07) is 0. The number of hydrogen-bond donors (Lipinski definition) is 2. The summed E-state index contributed by atoms with van der Waals surface area (Å²) in [5, 5.41) is 25.1. The maximum Gasteiger partial charge on any atom is 0.0678 e. The highest BCUT2D eigenvalue weighted by molar-refractivity contribution is 5.96. The lowest BCUT2D eigenvalue weighted by molar-refractivity contribution is -0.0948. The Labute approximate surface area is 203 Å². The molecule has 0 aromatic rings. The number of oxime groups is 1. The van der Waals surface area contributed by atoms with Crippen LogP contribution in [0, 0.1) is 45.3 Å². The van der Waals surface area contributed by atoms with E-state index in [0.29, 0.717) is 17.8 Å². The van der Waals surface area contributed by atoms with Crippen LogP contribution in [0.4, 0.5) is 0 Å². The zero-order valence-corrected chi connectivity index (χ0v) is 22.8. The van der Waals surface area contributed by atoms with Crippen molar-refractivity contribution in [3.8, 4) is 0 Å². The van der Waals surface area contributed by atoms with E-state index in [2.05, 4.69) is 60.5 Å². The number of fused-ring (bicyclic) bond motifs is 4. The Morgan fingerprint density at radius 2 is 1.64 bits per heavy atom. The van der Waals surface area contributed by atoms with Crippen LogP contribution >= 0.6 is 0 Å². The normalized spacial score (nSPS) is 44.5. The van der Waals surface area contributed by atoms with Gasteiger partial charge in [0.15, 0.2) is 0 Å². The predicted molar refractivity (Wildman–Crippen MR) is 138 cm³/mol. The Bertz CT molecular complexity index is 825. The lowest BCUT2D eigenvalue weighted by Crippen LogP contribution is -2.55. The molecule has 0 heterocycles. The molecule has 0 aromatic carbocycles. The molecule has 2 fully saturated rings. The van der Waals surface area contributed by atoms with Crippen LogP contribution in [0.25, 0.3) is 0 Å². The molecular formula is C30H51NO2. The third kappa shape index (κ3) is 3.49. The Morgan fingerprint density at radius 1 is 0.939 bits per heavy atom. The van der Waals surface area contributed by atoms with E-state index in [1.54, 1.807) is 11.1 Å². The summed E-state index contributed by atoms with van der Waals surface area (Å²) in [5.74, 6) is 2.55. The maximum atomic E-state index is 10.8. The highest BCUT2D eigenvalue weighted by Gasteiger charge is 2.66. The van der Waals surface area contributed by atoms with Crippen LogP contribution in [-0.4, -0.2) is 22.1 Å². The minimum Gasteiger partial charge on any atom is -0.411 e. The fourth-order valence-corrected chi connectivity index (χ4v) is 9.56. The van der Waals surface area contributed by atoms with Crippen LogP contribution in [0.15, 0.2) is 16.3 Å². The van der Waals surface area contributed by atoms with Gasteiger partial charge < -0.3 is 10.3 Å². The van der Waals surface area contributed by atoms with E-state index in [9.17, 15) is 10.3 Å². The van der Waals surface area contributed by atoms with Crippen molar-refractivity contribution in [3.05, 3.63) is 11.1 Å². The molecule has 33 heavy (non-hydrogen) atoms. The maximum absolute atomic E-state index is 10.8. The van der Waals surface area contributed by atoms with Crippen molar-refractivity contribution >= 4 is 5.71 Å². The van der Waals surface area contributed by atoms with E-state index in [-0.39, 0.29) is 27.8 Å². The minimum atomic E-state index is -0.195. The molecule has 2 N–H and O–H groups in total. The lowest BCUT2D eigenvalue weighted by Gasteiger charge is -2.62. The van der Waals surface area contributed by atoms with Gasteiger partial charge in [-0.3, -0.25) is 0 Å². The summed E-state index contributed by atoms with van der Waals surface area (Å²) < 4.78 is 0. The molecule has 7 atom stereocenters. The number of aliphatic hydroxyl groups excluding tert-OH is 1. The molecule has 4 aliphatic carbocycles. The van der Waals surface area contributed by atoms with Gasteiger partial charge in [-0.25, -0.2) is 0 Å². The minimum absolute atomic E-state index is 0.0375. The molecule has 0 unspecified atom stereocenters. The number of rotatable bonds is 5. The van der Waals surface area contributed by atoms with Crippen molar-refractivity contribution in [1.29, 1.82) is 0 Å². The second kappa shape index (κ2) is 8.38. The van der Waals surface area contributed by atoms with Gasteiger partial charge in [0.25, 0.3) is 0 Å². The Hall–Kier alpha value is -0.830. The SMILES string of the molecule is CC(C)CCC[C@@H](C)[C@H]1C/C(=N\O)[C@@]2(C)C3=C(CC[C@]12C)[C@@]1(C)CC[C@H](O)C(C)(C)[C@@H]1CC3. The number of aliphatic hydroxyl groups is 1. The molecule has 0 spiro atoms. The molecule has 4 rings (SSSR count). The molecule has 3 nitrogen and oxygen atoms in total. The largest absolute Gasteiger partial charge is 0.411 e. The monoisotopic (exact) mass is 457 g/mol. The molecular weight excluding hydrogens is 406 g/mol.